The number of para-hydroxylation sites is 2. The summed E-state index contributed by atoms with van der Waals surface area (Å²) in [4.78, 5) is 0. The summed E-state index contributed by atoms with van der Waals surface area (Å²) in [5, 5.41) is 8.37. The first-order valence-electron chi connectivity index (χ1n) is 7.41. The zero-order valence-corrected chi connectivity index (χ0v) is 13.7. The molecule has 120 valence electrons. The second-order valence-electron chi connectivity index (χ2n) is 5.02. The molecule has 0 saturated heterocycles. The van der Waals surface area contributed by atoms with Crippen LogP contribution < -0.4 is 9.05 Å². The number of hydrogen-bond acceptors (Lipinski definition) is 4. The van der Waals surface area contributed by atoms with Gasteiger partial charge in [0.2, 0.25) is 0 Å². The molecule has 0 aliphatic heterocycles. The number of benzene rings is 3. The van der Waals surface area contributed by atoms with Crippen LogP contribution in [0.2, 0.25) is 0 Å². The van der Waals surface area contributed by atoms with E-state index >= 15 is 0 Å². The van der Waals surface area contributed by atoms with Crippen molar-refractivity contribution in [3.05, 3.63) is 96.6 Å². The molecule has 3 rings (SSSR count). The van der Waals surface area contributed by atoms with Crippen LogP contribution in [-0.2, 0) is 4.57 Å². The lowest BCUT2D eigenvalue weighted by atomic mass is 10.2. The van der Waals surface area contributed by atoms with Crippen molar-refractivity contribution in [2.24, 2.45) is 0 Å². The van der Waals surface area contributed by atoms with Gasteiger partial charge < -0.3 is 9.05 Å². The van der Waals surface area contributed by atoms with E-state index in [1.807, 2.05) is 18.2 Å². The first-order valence-corrected chi connectivity index (χ1v) is 8.95. The van der Waals surface area contributed by atoms with Gasteiger partial charge in [-0.2, -0.15) is 0 Å². The van der Waals surface area contributed by atoms with Gasteiger partial charge in [0.05, 0.1) is 0 Å². The molecule has 5 heteroatoms. The molecule has 0 unspecified atom stereocenters. The second kappa shape index (κ2) is 7.16. The summed E-state index contributed by atoms with van der Waals surface area (Å²) < 4.78 is 24.6. The number of hydrogen-bond donors (Lipinski definition) is 1. The molecule has 3 aromatic rings. The third-order valence-corrected chi connectivity index (χ3v) is 4.97. The zero-order valence-electron chi connectivity index (χ0n) is 12.8. The maximum atomic E-state index is 13.4. The van der Waals surface area contributed by atoms with Crippen molar-refractivity contribution in [2.45, 2.75) is 0 Å². The molecular weight excluding hydrogens is 321 g/mol. The van der Waals surface area contributed by atoms with E-state index in [4.69, 9.17) is 14.5 Å². The molecule has 1 N–H and O–H groups in total. The van der Waals surface area contributed by atoms with Gasteiger partial charge in [-0.25, -0.2) is 4.57 Å². The Morgan fingerprint density at radius 2 is 1.04 bits per heavy atom. The molecule has 0 saturated carbocycles. The average Bonchev–Trinajstić information content (AvgIpc) is 2.63. The Balaban J connectivity index is 1.97. The molecule has 0 aliphatic carbocycles. The number of nitrogens with one attached hydrogen (secondary N) is 1. The smallest absolute Gasteiger partial charge is 0.412 e. The Bertz CT molecular complexity index is 806. The van der Waals surface area contributed by atoms with Crippen LogP contribution >= 0.6 is 7.60 Å². The third kappa shape index (κ3) is 3.73. The standard InChI is InChI=1S/C19H16NO3P/c20-19(16-10-4-1-5-11-16)24(21,22-17-12-6-2-7-13-17)23-18-14-8-3-9-15-18/h1-15,20H. The normalized spacial score (nSPS) is 10.8. The third-order valence-electron chi connectivity index (χ3n) is 3.26. The van der Waals surface area contributed by atoms with Crippen LogP contribution in [0.15, 0.2) is 91.0 Å². The summed E-state index contributed by atoms with van der Waals surface area (Å²) in [6.07, 6.45) is 0. The van der Waals surface area contributed by atoms with E-state index in [0.717, 1.165) is 0 Å². The molecule has 0 spiro atoms. The van der Waals surface area contributed by atoms with Gasteiger partial charge in [-0.05, 0) is 24.3 Å². The van der Waals surface area contributed by atoms with Gasteiger partial charge in [0.25, 0.3) is 0 Å². The molecule has 0 heterocycles. The summed E-state index contributed by atoms with van der Waals surface area (Å²) in [5.41, 5.74) is 0.309. The molecule has 3 aromatic carbocycles. The van der Waals surface area contributed by atoms with Crippen LogP contribution in [0.25, 0.3) is 0 Å². The SMILES string of the molecule is N=C(c1ccccc1)P(=O)(Oc1ccccc1)Oc1ccccc1. The van der Waals surface area contributed by atoms with Gasteiger partial charge in [0.15, 0.2) is 5.45 Å². The van der Waals surface area contributed by atoms with Gasteiger partial charge in [-0.15, -0.1) is 0 Å². The molecule has 0 fully saturated rings. The summed E-state index contributed by atoms with van der Waals surface area (Å²) in [5.74, 6) is 0.773. The molecule has 0 amide bonds. The van der Waals surface area contributed by atoms with Gasteiger partial charge >= 0.3 is 7.60 Å². The van der Waals surface area contributed by atoms with Gasteiger partial charge in [-0.1, -0.05) is 66.7 Å². The lowest BCUT2D eigenvalue weighted by Crippen LogP contribution is -2.11. The Kier molecular flexibility index (Phi) is 4.78. The monoisotopic (exact) mass is 337 g/mol. The highest BCUT2D eigenvalue weighted by Crippen LogP contribution is 2.51. The summed E-state index contributed by atoms with van der Waals surface area (Å²) in [6.45, 7) is 0. The van der Waals surface area contributed by atoms with E-state index in [9.17, 15) is 4.57 Å². The van der Waals surface area contributed by atoms with Crippen molar-refractivity contribution in [3.63, 3.8) is 0 Å². The van der Waals surface area contributed by atoms with Crippen molar-refractivity contribution in [3.8, 4) is 11.5 Å². The maximum Gasteiger partial charge on any atom is 0.481 e. The van der Waals surface area contributed by atoms with E-state index in [1.165, 1.54) is 0 Å². The average molecular weight is 337 g/mol. The highest BCUT2D eigenvalue weighted by molar-refractivity contribution is 7.73. The summed E-state index contributed by atoms with van der Waals surface area (Å²) in [7, 11) is -3.89. The van der Waals surface area contributed by atoms with Crippen molar-refractivity contribution in [1.82, 2.24) is 0 Å². The lowest BCUT2D eigenvalue weighted by Gasteiger charge is -2.20. The molecule has 0 atom stereocenters. The summed E-state index contributed by atoms with van der Waals surface area (Å²) in [6, 6.07) is 26.3. The fourth-order valence-electron chi connectivity index (χ4n) is 2.10. The fraction of sp³-hybridized carbons (Fsp3) is 0. The minimum atomic E-state index is -3.89. The summed E-state index contributed by atoms with van der Waals surface area (Å²) >= 11 is 0. The van der Waals surface area contributed by atoms with Crippen LogP contribution in [0.3, 0.4) is 0 Å². The van der Waals surface area contributed by atoms with Crippen LogP contribution in [0.4, 0.5) is 0 Å². The quantitative estimate of drug-likeness (QED) is 0.486. The maximum absolute atomic E-state index is 13.4. The zero-order chi connectivity index (χ0) is 16.8. The van der Waals surface area contributed by atoms with Crippen LogP contribution in [-0.4, -0.2) is 5.45 Å². The molecule has 4 nitrogen and oxygen atoms in total. The van der Waals surface area contributed by atoms with Gasteiger partial charge in [-0.3, -0.25) is 5.41 Å². The van der Waals surface area contributed by atoms with Crippen molar-refractivity contribution in [2.75, 3.05) is 0 Å². The molecule has 0 aromatic heterocycles. The Labute approximate surface area is 140 Å². The van der Waals surface area contributed by atoms with Gasteiger partial charge in [0, 0.05) is 5.56 Å². The Morgan fingerprint density at radius 1 is 0.667 bits per heavy atom. The minimum absolute atomic E-state index is 0.184. The van der Waals surface area contributed by atoms with Gasteiger partial charge in [0.1, 0.15) is 11.5 Å². The van der Waals surface area contributed by atoms with E-state index in [1.54, 1.807) is 72.8 Å². The Morgan fingerprint density at radius 3 is 1.46 bits per heavy atom. The second-order valence-corrected chi connectivity index (χ2v) is 6.83. The molecular formula is C19H16NO3P. The van der Waals surface area contributed by atoms with Crippen LogP contribution in [0.5, 0.6) is 11.5 Å². The molecule has 0 radical (unpaired) electrons. The predicted molar refractivity (Wildman–Crippen MR) is 95.0 cm³/mol. The van der Waals surface area contributed by atoms with Crippen LogP contribution in [0.1, 0.15) is 5.56 Å². The number of rotatable bonds is 6. The fourth-order valence-corrected chi connectivity index (χ4v) is 3.59. The van der Waals surface area contributed by atoms with E-state index in [-0.39, 0.29) is 5.45 Å². The van der Waals surface area contributed by atoms with Crippen molar-refractivity contribution < 1.29 is 13.6 Å². The molecule has 24 heavy (non-hydrogen) atoms. The van der Waals surface area contributed by atoms with E-state index < -0.39 is 7.60 Å². The van der Waals surface area contributed by atoms with E-state index in [2.05, 4.69) is 0 Å². The molecule has 0 bridgehead atoms. The first-order chi connectivity index (χ1) is 11.7. The van der Waals surface area contributed by atoms with Crippen molar-refractivity contribution >= 4 is 13.0 Å². The lowest BCUT2D eigenvalue weighted by molar-refractivity contribution is 0.402. The topological polar surface area (TPSA) is 59.4 Å². The highest BCUT2D eigenvalue weighted by Gasteiger charge is 2.35. The highest BCUT2D eigenvalue weighted by atomic mass is 31.2. The largest absolute Gasteiger partial charge is 0.481 e. The van der Waals surface area contributed by atoms with E-state index in [0.29, 0.717) is 17.1 Å². The van der Waals surface area contributed by atoms with Crippen molar-refractivity contribution in [1.29, 1.82) is 5.41 Å². The predicted octanol–water partition coefficient (Wildman–Crippen LogP) is 5.36. The van der Waals surface area contributed by atoms with Crippen LogP contribution in [0, 0.1) is 5.41 Å². The Hall–Kier alpha value is -2.84. The minimum Gasteiger partial charge on any atom is -0.412 e. The molecule has 0 aliphatic rings. The first kappa shape index (κ1) is 16.0.